The van der Waals surface area contributed by atoms with E-state index in [2.05, 4.69) is 19.4 Å². The molecule has 3 aromatic rings. The molecule has 0 fully saturated rings. The van der Waals surface area contributed by atoms with Crippen LogP contribution in [-0.2, 0) is 19.0 Å². The lowest BCUT2D eigenvalue weighted by atomic mass is 10.0. The number of hydrogen-bond donors (Lipinski definition) is 3. The zero-order valence-electron chi connectivity index (χ0n) is 20.2. The molecule has 0 saturated carbocycles. The van der Waals surface area contributed by atoms with E-state index in [0.717, 1.165) is 12.8 Å². The standard InChI is InChI=1S/C23H20ClFN4O5.BH3O3/c1-13-11-27-22-18(6-7-20(30)33-12-34-23(31)32-2)28-21(17-5-3-4-8-26-17)14-9-15(24)16(25)10-19(14)29(13)22;2-1(3)4/h3-5,8-11,18H,6-7,12H2,1-2H3;2-4H/t18-;/m0./s1. The Kier molecular flexibility index (Phi) is 9.90. The van der Waals surface area contributed by atoms with Crippen LogP contribution < -0.4 is 0 Å². The Bertz CT molecular complexity index is 1320. The third kappa shape index (κ3) is 7.13. The molecular formula is C23H23BClFN4O8. The van der Waals surface area contributed by atoms with Crippen LogP contribution in [0.1, 0.15) is 41.7 Å². The summed E-state index contributed by atoms with van der Waals surface area (Å²) in [6.07, 6.45) is 2.52. The molecule has 4 rings (SSSR count). The van der Waals surface area contributed by atoms with Gasteiger partial charge in [-0.25, -0.2) is 14.2 Å². The average Bonchev–Trinajstić information content (AvgIpc) is 3.20. The van der Waals surface area contributed by atoms with E-state index in [0.29, 0.717) is 28.5 Å². The van der Waals surface area contributed by atoms with Crippen LogP contribution in [0.3, 0.4) is 0 Å². The van der Waals surface area contributed by atoms with Crippen molar-refractivity contribution in [3.05, 3.63) is 76.3 Å². The first-order valence-electron chi connectivity index (χ1n) is 11.1. The van der Waals surface area contributed by atoms with Crippen LogP contribution in [0.25, 0.3) is 5.69 Å². The zero-order chi connectivity index (χ0) is 27.8. The minimum atomic E-state index is -2.17. The molecule has 1 aliphatic heterocycles. The molecule has 3 N–H and O–H groups in total. The summed E-state index contributed by atoms with van der Waals surface area (Å²) in [6.45, 7) is 1.28. The van der Waals surface area contributed by atoms with Crippen molar-refractivity contribution in [2.24, 2.45) is 4.99 Å². The third-order valence-electron chi connectivity index (χ3n) is 5.18. The van der Waals surface area contributed by atoms with Gasteiger partial charge in [0.05, 0.1) is 29.2 Å². The van der Waals surface area contributed by atoms with Gasteiger partial charge in [-0.15, -0.1) is 0 Å². The highest BCUT2D eigenvalue weighted by atomic mass is 35.5. The van der Waals surface area contributed by atoms with Crippen LogP contribution in [0.4, 0.5) is 9.18 Å². The summed E-state index contributed by atoms with van der Waals surface area (Å²) in [5.74, 6) is -0.637. The molecule has 2 aromatic heterocycles. The maximum atomic E-state index is 14.5. The highest BCUT2D eigenvalue weighted by Gasteiger charge is 2.29. The summed E-state index contributed by atoms with van der Waals surface area (Å²) in [5.41, 5.74) is 2.93. The minimum absolute atomic E-state index is 0.0361. The number of hydrogen-bond acceptors (Lipinski definition) is 11. The molecule has 3 heterocycles. The summed E-state index contributed by atoms with van der Waals surface area (Å²) >= 11 is 6.13. The minimum Gasteiger partial charge on any atom is -0.438 e. The summed E-state index contributed by atoms with van der Waals surface area (Å²) < 4.78 is 30.1. The Morgan fingerprint density at radius 1 is 1.18 bits per heavy atom. The summed E-state index contributed by atoms with van der Waals surface area (Å²) in [6, 6.07) is 7.67. The second kappa shape index (κ2) is 13.1. The van der Waals surface area contributed by atoms with Crippen LogP contribution >= 0.6 is 11.6 Å². The third-order valence-corrected chi connectivity index (χ3v) is 5.47. The van der Waals surface area contributed by atoms with E-state index in [4.69, 9.17) is 36.4 Å². The molecule has 12 nitrogen and oxygen atoms in total. The predicted molar refractivity (Wildman–Crippen MR) is 132 cm³/mol. The van der Waals surface area contributed by atoms with Gasteiger partial charge in [-0.1, -0.05) is 17.7 Å². The lowest BCUT2D eigenvalue weighted by molar-refractivity contribution is -0.153. The number of imidazole rings is 1. The van der Waals surface area contributed by atoms with Crippen molar-refractivity contribution in [2.45, 2.75) is 25.8 Å². The first kappa shape index (κ1) is 28.7. The molecular weight excluding hydrogens is 526 g/mol. The van der Waals surface area contributed by atoms with Crippen LogP contribution in [0, 0.1) is 12.7 Å². The van der Waals surface area contributed by atoms with E-state index in [1.807, 2.05) is 13.0 Å². The fraction of sp³-hybridized carbons (Fsp3) is 0.261. The number of methoxy groups -OCH3 is 1. The number of ether oxygens (including phenoxy) is 3. The lowest BCUT2D eigenvalue weighted by Gasteiger charge is -2.14. The number of carbonyl (C=O) groups is 2. The molecule has 0 spiro atoms. The summed E-state index contributed by atoms with van der Waals surface area (Å²) in [4.78, 5) is 37.0. The molecule has 1 aliphatic rings. The van der Waals surface area contributed by atoms with Gasteiger partial charge in [0.2, 0.25) is 6.79 Å². The van der Waals surface area contributed by atoms with Crippen molar-refractivity contribution in [3.8, 4) is 5.69 Å². The van der Waals surface area contributed by atoms with Gasteiger partial charge in [0.25, 0.3) is 0 Å². The van der Waals surface area contributed by atoms with Crippen molar-refractivity contribution in [1.29, 1.82) is 0 Å². The van der Waals surface area contributed by atoms with Gasteiger partial charge in [0.1, 0.15) is 17.7 Å². The van der Waals surface area contributed by atoms with Crippen molar-refractivity contribution < 1.29 is 43.3 Å². The smallest absolute Gasteiger partial charge is 0.438 e. The SMILES string of the molecule is COC(=O)OCOC(=O)CC[C@@H]1N=C(c2ccccn2)c2cc(Cl)c(F)cc2-n2c(C)cnc21.OB(O)O. The van der Waals surface area contributed by atoms with Crippen LogP contribution in [0.2, 0.25) is 5.02 Å². The number of fused-ring (bicyclic) bond motifs is 3. The number of aliphatic imine (C=N–C) groups is 1. The van der Waals surface area contributed by atoms with Crippen LogP contribution in [0.15, 0.2) is 47.7 Å². The molecule has 38 heavy (non-hydrogen) atoms. The number of halogens is 2. The second-order valence-electron chi connectivity index (χ2n) is 7.70. The Labute approximate surface area is 221 Å². The topological polar surface area (TPSA) is 166 Å². The molecule has 0 radical (unpaired) electrons. The Morgan fingerprint density at radius 2 is 1.92 bits per heavy atom. The number of rotatable bonds is 6. The van der Waals surface area contributed by atoms with Gasteiger partial charge in [0, 0.05) is 36.1 Å². The van der Waals surface area contributed by atoms with Gasteiger partial charge >= 0.3 is 19.4 Å². The lowest BCUT2D eigenvalue weighted by Crippen LogP contribution is -2.14. The molecule has 15 heteroatoms. The highest BCUT2D eigenvalue weighted by molar-refractivity contribution is 6.31. The van der Waals surface area contributed by atoms with Crippen LogP contribution in [-0.4, -0.2) is 68.7 Å². The molecule has 200 valence electrons. The van der Waals surface area contributed by atoms with Crippen LogP contribution in [0.5, 0.6) is 0 Å². The van der Waals surface area contributed by atoms with Gasteiger partial charge in [-0.3, -0.25) is 19.3 Å². The fourth-order valence-electron chi connectivity index (χ4n) is 3.63. The number of aromatic nitrogens is 3. The molecule has 0 saturated heterocycles. The number of pyridine rings is 1. The van der Waals surface area contributed by atoms with Gasteiger partial charge in [0.15, 0.2) is 0 Å². The van der Waals surface area contributed by atoms with E-state index >= 15 is 0 Å². The predicted octanol–water partition coefficient (Wildman–Crippen LogP) is 2.27. The van der Waals surface area contributed by atoms with Crippen molar-refractivity contribution >= 4 is 36.8 Å². The zero-order valence-corrected chi connectivity index (χ0v) is 21.0. The fourth-order valence-corrected chi connectivity index (χ4v) is 3.79. The number of nitrogens with zero attached hydrogens (tertiary/aromatic N) is 4. The number of esters is 1. The number of aryl methyl sites for hydroxylation is 1. The first-order chi connectivity index (χ1) is 18.1. The van der Waals surface area contributed by atoms with Crippen molar-refractivity contribution in [3.63, 3.8) is 0 Å². The normalized spacial score (nSPS) is 13.6. The Hall–Kier alpha value is -3.85. The van der Waals surface area contributed by atoms with E-state index in [1.165, 1.54) is 12.1 Å². The van der Waals surface area contributed by atoms with E-state index < -0.39 is 38.1 Å². The molecule has 0 bridgehead atoms. The average molecular weight is 549 g/mol. The number of carbonyl (C=O) groups excluding carboxylic acids is 2. The second-order valence-corrected chi connectivity index (χ2v) is 8.11. The van der Waals surface area contributed by atoms with E-state index in [1.54, 1.807) is 29.1 Å². The number of benzene rings is 1. The maximum absolute atomic E-state index is 14.5. The Balaban J connectivity index is 0.000000934. The summed E-state index contributed by atoms with van der Waals surface area (Å²) in [5, 5.41) is 21.5. The molecule has 1 aromatic carbocycles. The highest BCUT2D eigenvalue weighted by Crippen LogP contribution is 2.35. The maximum Gasteiger partial charge on any atom is 0.631 e. The molecule has 1 atom stereocenters. The van der Waals surface area contributed by atoms with Crippen molar-refractivity contribution in [1.82, 2.24) is 14.5 Å². The molecule has 0 aliphatic carbocycles. The van der Waals surface area contributed by atoms with Crippen molar-refractivity contribution in [2.75, 3.05) is 13.9 Å². The van der Waals surface area contributed by atoms with Gasteiger partial charge in [-0.05, 0) is 31.5 Å². The molecule has 0 amide bonds. The quantitative estimate of drug-likeness (QED) is 0.236. The molecule has 0 unspecified atom stereocenters. The van der Waals surface area contributed by atoms with Gasteiger partial charge in [-0.2, -0.15) is 0 Å². The van der Waals surface area contributed by atoms with Gasteiger partial charge < -0.3 is 29.3 Å². The van der Waals surface area contributed by atoms with E-state index in [9.17, 15) is 14.0 Å². The first-order valence-corrected chi connectivity index (χ1v) is 11.4. The van der Waals surface area contributed by atoms with E-state index in [-0.39, 0.29) is 17.9 Å². The summed E-state index contributed by atoms with van der Waals surface area (Å²) in [7, 11) is -1.02. The largest absolute Gasteiger partial charge is 0.631 e. The monoisotopic (exact) mass is 548 g/mol. The Morgan fingerprint density at radius 3 is 2.58 bits per heavy atom.